The van der Waals surface area contributed by atoms with Crippen molar-refractivity contribution in [2.24, 2.45) is 5.92 Å². The molecular weight excluding hydrogens is 264 g/mol. The van der Waals surface area contributed by atoms with Crippen LogP contribution in [-0.4, -0.2) is 13.9 Å². The number of rotatable bonds is 4. The lowest BCUT2D eigenvalue weighted by atomic mass is 9.88. The highest BCUT2D eigenvalue weighted by molar-refractivity contribution is 5.38. The number of hydrogen-bond donors (Lipinski definition) is 0. The topological polar surface area (TPSA) is 27.7 Å². The summed E-state index contributed by atoms with van der Waals surface area (Å²) >= 11 is 0. The van der Waals surface area contributed by atoms with Gasteiger partial charge >= 0.3 is 0 Å². The minimum Gasteiger partial charge on any atom is -0.485 e. The first kappa shape index (κ1) is 14.0. The normalized spacial score (nSPS) is 20.5. The van der Waals surface area contributed by atoms with Crippen molar-refractivity contribution < 1.29 is 14.2 Å². The number of benzene rings is 2. The molecule has 1 heterocycles. The van der Waals surface area contributed by atoms with Crippen LogP contribution in [0, 0.1) is 5.92 Å². The standard InChI is InChI=1S/C18H20O3/c1-13-11-15-5-3-4-6-17(15)21-18(13)14-7-9-16(10-8-14)20-12-19-2/h3-10,13,18H,11-12H2,1-2H3. The summed E-state index contributed by atoms with van der Waals surface area (Å²) in [7, 11) is 1.61. The summed E-state index contributed by atoms with van der Waals surface area (Å²) in [4.78, 5) is 0. The van der Waals surface area contributed by atoms with Crippen molar-refractivity contribution in [1.82, 2.24) is 0 Å². The third kappa shape index (κ3) is 3.03. The largest absolute Gasteiger partial charge is 0.485 e. The SMILES string of the molecule is COCOc1ccc(C2Oc3ccccc3CC2C)cc1. The van der Waals surface area contributed by atoms with Gasteiger partial charge in [-0.15, -0.1) is 0 Å². The number of ether oxygens (including phenoxy) is 3. The van der Waals surface area contributed by atoms with Crippen molar-refractivity contribution in [3.63, 3.8) is 0 Å². The Kier molecular flexibility index (Phi) is 4.11. The summed E-state index contributed by atoms with van der Waals surface area (Å²) in [6.45, 7) is 2.50. The monoisotopic (exact) mass is 284 g/mol. The van der Waals surface area contributed by atoms with Gasteiger partial charge < -0.3 is 14.2 Å². The van der Waals surface area contributed by atoms with E-state index in [1.165, 1.54) is 11.1 Å². The van der Waals surface area contributed by atoms with Gasteiger partial charge in [0, 0.05) is 13.0 Å². The molecule has 0 radical (unpaired) electrons. The minimum atomic E-state index is 0.0939. The third-order valence-corrected chi connectivity index (χ3v) is 3.84. The lowest BCUT2D eigenvalue weighted by Crippen LogP contribution is -2.23. The number of para-hydroxylation sites is 1. The van der Waals surface area contributed by atoms with Crippen LogP contribution in [0.15, 0.2) is 48.5 Å². The molecule has 0 amide bonds. The van der Waals surface area contributed by atoms with Gasteiger partial charge in [-0.3, -0.25) is 0 Å². The second kappa shape index (κ2) is 6.19. The molecule has 3 heteroatoms. The molecule has 2 aromatic rings. The van der Waals surface area contributed by atoms with E-state index >= 15 is 0 Å². The van der Waals surface area contributed by atoms with Crippen LogP contribution in [0.25, 0.3) is 0 Å². The van der Waals surface area contributed by atoms with Gasteiger partial charge in [-0.1, -0.05) is 37.3 Å². The first-order chi connectivity index (χ1) is 10.3. The van der Waals surface area contributed by atoms with Crippen LogP contribution in [-0.2, 0) is 11.2 Å². The molecule has 0 bridgehead atoms. The summed E-state index contributed by atoms with van der Waals surface area (Å²) in [5, 5.41) is 0. The predicted octanol–water partition coefficient (Wildman–Crippen LogP) is 3.98. The molecule has 1 aliphatic rings. The van der Waals surface area contributed by atoms with Crippen molar-refractivity contribution in [2.45, 2.75) is 19.4 Å². The lowest BCUT2D eigenvalue weighted by Gasteiger charge is -2.32. The molecule has 110 valence electrons. The summed E-state index contributed by atoms with van der Waals surface area (Å²) in [5.41, 5.74) is 2.48. The quantitative estimate of drug-likeness (QED) is 0.795. The Morgan fingerprint density at radius 2 is 1.86 bits per heavy atom. The summed E-state index contributed by atoms with van der Waals surface area (Å²) < 4.78 is 16.5. The van der Waals surface area contributed by atoms with Crippen LogP contribution in [0.5, 0.6) is 11.5 Å². The lowest BCUT2D eigenvalue weighted by molar-refractivity contribution is 0.0510. The van der Waals surface area contributed by atoms with Crippen LogP contribution < -0.4 is 9.47 Å². The molecule has 2 unspecified atom stereocenters. The maximum Gasteiger partial charge on any atom is 0.188 e. The Morgan fingerprint density at radius 1 is 1.10 bits per heavy atom. The molecule has 3 rings (SSSR count). The van der Waals surface area contributed by atoms with E-state index in [0.717, 1.165) is 17.9 Å². The molecule has 0 fully saturated rings. The average molecular weight is 284 g/mol. The number of methoxy groups -OCH3 is 1. The third-order valence-electron chi connectivity index (χ3n) is 3.84. The van der Waals surface area contributed by atoms with Gasteiger partial charge in [-0.25, -0.2) is 0 Å². The fourth-order valence-electron chi connectivity index (χ4n) is 2.77. The molecular formula is C18H20O3. The van der Waals surface area contributed by atoms with Crippen LogP contribution in [0.2, 0.25) is 0 Å². The molecule has 0 N–H and O–H groups in total. The smallest absolute Gasteiger partial charge is 0.188 e. The zero-order chi connectivity index (χ0) is 14.7. The fourth-order valence-corrected chi connectivity index (χ4v) is 2.77. The molecule has 0 aromatic heterocycles. The van der Waals surface area contributed by atoms with E-state index in [4.69, 9.17) is 14.2 Å². The van der Waals surface area contributed by atoms with Crippen molar-refractivity contribution >= 4 is 0 Å². The molecule has 3 nitrogen and oxygen atoms in total. The van der Waals surface area contributed by atoms with Crippen LogP contribution in [0.4, 0.5) is 0 Å². The van der Waals surface area contributed by atoms with E-state index in [1.807, 2.05) is 24.3 Å². The maximum absolute atomic E-state index is 6.19. The summed E-state index contributed by atoms with van der Waals surface area (Å²) in [5.74, 6) is 2.26. The Balaban J connectivity index is 1.77. The Morgan fingerprint density at radius 3 is 2.62 bits per heavy atom. The highest BCUT2D eigenvalue weighted by Gasteiger charge is 2.27. The van der Waals surface area contributed by atoms with E-state index in [9.17, 15) is 0 Å². The second-order valence-corrected chi connectivity index (χ2v) is 5.45. The zero-order valence-corrected chi connectivity index (χ0v) is 12.4. The molecule has 21 heavy (non-hydrogen) atoms. The van der Waals surface area contributed by atoms with E-state index in [0.29, 0.717) is 5.92 Å². The van der Waals surface area contributed by atoms with Gasteiger partial charge in [0.1, 0.15) is 17.6 Å². The van der Waals surface area contributed by atoms with Gasteiger partial charge in [0.05, 0.1) is 0 Å². The van der Waals surface area contributed by atoms with Crippen molar-refractivity contribution in [3.05, 3.63) is 59.7 Å². The van der Waals surface area contributed by atoms with E-state index in [2.05, 4.69) is 31.2 Å². The van der Waals surface area contributed by atoms with Crippen LogP contribution in [0.3, 0.4) is 0 Å². The zero-order valence-electron chi connectivity index (χ0n) is 12.4. The summed E-state index contributed by atoms with van der Waals surface area (Å²) in [6.07, 6.45) is 1.14. The van der Waals surface area contributed by atoms with Crippen molar-refractivity contribution in [2.75, 3.05) is 13.9 Å². The van der Waals surface area contributed by atoms with Gasteiger partial charge in [0.15, 0.2) is 6.79 Å². The second-order valence-electron chi connectivity index (χ2n) is 5.45. The van der Waals surface area contributed by atoms with Gasteiger partial charge in [-0.05, 0) is 35.7 Å². The van der Waals surface area contributed by atoms with Gasteiger partial charge in [0.25, 0.3) is 0 Å². The molecule has 0 saturated carbocycles. The first-order valence-electron chi connectivity index (χ1n) is 7.24. The van der Waals surface area contributed by atoms with Crippen molar-refractivity contribution in [3.8, 4) is 11.5 Å². The Bertz CT molecular complexity index is 592. The highest BCUT2D eigenvalue weighted by Crippen LogP contribution is 2.38. The first-order valence-corrected chi connectivity index (χ1v) is 7.24. The maximum atomic E-state index is 6.19. The van der Waals surface area contributed by atoms with E-state index in [1.54, 1.807) is 7.11 Å². The van der Waals surface area contributed by atoms with Gasteiger partial charge in [-0.2, -0.15) is 0 Å². The average Bonchev–Trinajstić information content (AvgIpc) is 2.53. The molecule has 0 spiro atoms. The van der Waals surface area contributed by atoms with Crippen LogP contribution >= 0.6 is 0 Å². The fraction of sp³-hybridized carbons (Fsp3) is 0.333. The van der Waals surface area contributed by atoms with E-state index in [-0.39, 0.29) is 12.9 Å². The van der Waals surface area contributed by atoms with Gasteiger partial charge in [0.2, 0.25) is 0 Å². The molecule has 0 aliphatic carbocycles. The van der Waals surface area contributed by atoms with Crippen molar-refractivity contribution in [1.29, 1.82) is 0 Å². The minimum absolute atomic E-state index is 0.0939. The number of hydrogen-bond acceptors (Lipinski definition) is 3. The van der Waals surface area contributed by atoms with Crippen LogP contribution in [0.1, 0.15) is 24.2 Å². The predicted molar refractivity (Wildman–Crippen MR) is 81.6 cm³/mol. The molecule has 1 aliphatic heterocycles. The molecule has 0 saturated heterocycles. The molecule has 2 aromatic carbocycles. The summed E-state index contributed by atoms with van der Waals surface area (Å²) in [6, 6.07) is 16.3. The molecule has 2 atom stereocenters. The number of fused-ring (bicyclic) bond motifs is 1. The Hall–Kier alpha value is -2.00. The highest BCUT2D eigenvalue weighted by atomic mass is 16.7. The Labute approximate surface area is 125 Å². The van der Waals surface area contributed by atoms with E-state index < -0.39 is 0 Å².